The van der Waals surface area contributed by atoms with E-state index >= 15 is 0 Å². The Morgan fingerprint density at radius 1 is 1.12 bits per heavy atom. The van der Waals surface area contributed by atoms with E-state index in [9.17, 15) is 4.39 Å². The van der Waals surface area contributed by atoms with Gasteiger partial charge >= 0.3 is 0 Å². The van der Waals surface area contributed by atoms with E-state index in [-0.39, 0.29) is 6.10 Å². The summed E-state index contributed by atoms with van der Waals surface area (Å²) in [5.74, 6) is 0.717. The highest BCUT2D eigenvalue weighted by atomic mass is 19.1. The van der Waals surface area contributed by atoms with E-state index in [4.69, 9.17) is 4.74 Å². The Morgan fingerprint density at radius 3 is 2.76 bits per heavy atom. The zero-order valence-electron chi connectivity index (χ0n) is 14.2. The lowest BCUT2D eigenvalue weighted by molar-refractivity contribution is 0.0732. The number of benzene rings is 2. The summed E-state index contributed by atoms with van der Waals surface area (Å²) in [7, 11) is 0. The number of aromatic nitrogens is 1. The van der Waals surface area contributed by atoms with Crippen LogP contribution in [-0.4, -0.2) is 30.3 Å². The van der Waals surface area contributed by atoms with Gasteiger partial charge in [-0.15, -0.1) is 0 Å². The first-order valence-corrected chi connectivity index (χ1v) is 8.68. The summed E-state index contributed by atoms with van der Waals surface area (Å²) >= 11 is 0. The van der Waals surface area contributed by atoms with E-state index in [1.54, 1.807) is 0 Å². The molecule has 1 saturated heterocycles. The molecule has 2 aromatic carbocycles. The zero-order valence-corrected chi connectivity index (χ0v) is 14.2. The molecule has 0 spiro atoms. The van der Waals surface area contributed by atoms with Gasteiger partial charge in [-0.05, 0) is 54.8 Å². The fraction of sp³-hybridized carbons (Fsp3) is 0.286. The molecule has 0 aliphatic carbocycles. The van der Waals surface area contributed by atoms with Gasteiger partial charge in [0.2, 0.25) is 0 Å². The molecule has 2 atom stereocenters. The van der Waals surface area contributed by atoms with Crippen LogP contribution in [0.4, 0.5) is 4.39 Å². The lowest BCUT2D eigenvalue weighted by Gasteiger charge is -2.27. The van der Waals surface area contributed by atoms with Gasteiger partial charge in [0.25, 0.3) is 0 Å². The quantitative estimate of drug-likeness (QED) is 0.775. The van der Waals surface area contributed by atoms with Gasteiger partial charge in [-0.25, -0.2) is 4.39 Å². The van der Waals surface area contributed by atoms with Crippen LogP contribution < -0.4 is 10.1 Å². The molecule has 128 valence electrons. The molecule has 0 amide bonds. The minimum atomic E-state index is -0.956. The average Bonchev–Trinajstić information content (AvgIpc) is 2.65. The Balaban J connectivity index is 1.59. The highest BCUT2D eigenvalue weighted by Gasteiger charge is 2.26. The Hall–Kier alpha value is -2.46. The first-order chi connectivity index (χ1) is 12.2. The third kappa shape index (κ3) is 3.22. The minimum Gasteiger partial charge on any atom is -0.487 e. The first-order valence-electron chi connectivity index (χ1n) is 8.68. The molecule has 0 saturated carbocycles. The van der Waals surface area contributed by atoms with Crippen molar-refractivity contribution in [1.82, 2.24) is 10.3 Å². The van der Waals surface area contributed by atoms with Crippen LogP contribution in [0.3, 0.4) is 0 Å². The Morgan fingerprint density at radius 2 is 1.96 bits per heavy atom. The van der Waals surface area contributed by atoms with Crippen LogP contribution in [0.2, 0.25) is 0 Å². The Bertz CT molecular complexity index is 879. The fourth-order valence-corrected chi connectivity index (χ4v) is 3.42. The van der Waals surface area contributed by atoms with Gasteiger partial charge in [0.05, 0.1) is 5.52 Å². The van der Waals surface area contributed by atoms with Crippen molar-refractivity contribution in [3.8, 4) is 16.9 Å². The molecule has 1 fully saturated rings. The summed E-state index contributed by atoms with van der Waals surface area (Å²) in [5, 5.41) is 4.18. The topological polar surface area (TPSA) is 34.1 Å². The molecule has 3 nitrogen and oxygen atoms in total. The number of piperidine rings is 1. The second kappa shape index (κ2) is 6.81. The number of fused-ring (bicyclic) bond motifs is 1. The summed E-state index contributed by atoms with van der Waals surface area (Å²) < 4.78 is 19.7. The average molecular weight is 336 g/mol. The third-order valence-corrected chi connectivity index (χ3v) is 4.83. The maximum absolute atomic E-state index is 13.9. The number of hydrogen-bond donors (Lipinski definition) is 1. The number of ether oxygens (including phenoxy) is 1. The van der Waals surface area contributed by atoms with Gasteiger partial charge in [0.15, 0.2) is 0 Å². The number of rotatable bonds is 3. The molecule has 25 heavy (non-hydrogen) atoms. The van der Waals surface area contributed by atoms with E-state index < -0.39 is 6.17 Å². The molecular weight excluding hydrogens is 315 g/mol. The number of pyridine rings is 1. The van der Waals surface area contributed by atoms with Crippen LogP contribution in [0.5, 0.6) is 5.75 Å². The third-order valence-electron chi connectivity index (χ3n) is 4.83. The number of nitrogens with zero attached hydrogens (tertiary/aromatic N) is 1. The number of alkyl halides is 1. The molecule has 0 radical (unpaired) electrons. The van der Waals surface area contributed by atoms with E-state index in [1.807, 2.05) is 36.5 Å². The normalized spacial score (nSPS) is 20.6. The summed E-state index contributed by atoms with van der Waals surface area (Å²) in [6, 6.07) is 16.1. The molecule has 3 aromatic rings. The van der Waals surface area contributed by atoms with Crippen molar-refractivity contribution in [1.29, 1.82) is 0 Å². The van der Waals surface area contributed by atoms with Crippen LogP contribution in [0.25, 0.3) is 22.0 Å². The smallest absolute Gasteiger partial charge is 0.149 e. The van der Waals surface area contributed by atoms with Crippen molar-refractivity contribution in [2.75, 3.05) is 13.1 Å². The van der Waals surface area contributed by atoms with Gasteiger partial charge in [0.1, 0.15) is 18.0 Å². The maximum atomic E-state index is 13.9. The van der Waals surface area contributed by atoms with Crippen molar-refractivity contribution in [3.63, 3.8) is 0 Å². The van der Waals surface area contributed by atoms with Gasteiger partial charge in [-0.2, -0.15) is 0 Å². The second-order valence-electron chi connectivity index (χ2n) is 6.50. The summed E-state index contributed by atoms with van der Waals surface area (Å²) in [5.41, 5.74) is 4.45. The predicted molar refractivity (Wildman–Crippen MR) is 98.7 cm³/mol. The highest BCUT2D eigenvalue weighted by molar-refractivity contribution is 5.88. The van der Waals surface area contributed by atoms with Crippen LogP contribution >= 0.6 is 0 Å². The molecule has 1 aromatic heterocycles. The van der Waals surface area contributed by atoms with Gasteiger partial charge in [0, 0.05) is 18.1 Å². The summed E-state index contributed by atoms with van der Waals surface area (Å²) in [6.45, 7) is 3.26. The fourth-order valence-electron chi connectivity index (χ4n) is 3.42. The SMILES string of the molecule is Cc1c(-c2ccc(O[C@@H]3CCNC[C@@H]3F)cc2)ccc2cccnc12. The Labute approximate surface area is 146 Å². The van der Waals surface area contributed by atoms with E-state index in [0.29, 0.717) is 13.0 Å². The highest BCUT2D eigenvalue weighted by Crippen LogP contribution is 2.30. The van der Waals surface area contributed by atoms with Crippen LogP contribution in [-0.2, 0) is 0 Å². The molecule has 0 unspecified atom stereocenters. The molecule has 1 N–H and O–H groups in total. The van der Waals surface area contributed by atoms with Gasteiger partial charge in [-0.1, -0.05) is 30.3 Å². The minimum absolute atomic E-state index is 0.362. The monoisotopic (exact) mass is 336 g/mol. The van der Waals surface area contributed by atoms with Crippen molar-refractivity contribution in [2.24, 2.45) is 0 Å². The number of hydrogen-bond acceptors (Lipinski definition) is 3. The van der Waals surface area contributed by atoms with Crippen LogP contribution in [0.15, 0.2) is 54.7 Å². The van der Waals surface area contributed by atoms with Crippen LogP contribution in [0.1, 0.15) is 12.0 Å². The van der Waals surface area contributed by atoms with Gasteiger partial charge < -0.3 is 10.1 Å². The van der Waals surface area contributed by atoms with Crippen molar-refractivity contribution < 1.29 is 9.13 Å². The second-order valence-corrected chi connectivity index (χ2v) is 6.50. The summed E-state index contributed by atoms with van der Waals surface area (Å²) in [6.07, 6.45) is 1.20. The van der Waals surface area contributed by atoms with Crippen LogP contribution in [0, 0.1) is 6.92 Å². The van der Waals surface area contributed by atoms with E-state index in [1.165, 1.54) is 0 Å². The van der Waals surface area contributed by atoms with Crippen molar-refractivity contribution in [2.45, 2.75) is 25.6 Å². The predicted octanol–water partition coefficient (Wildman–Crippen LogP) is 4.29. The molecule has 2 heterocycles. The molecule has 0 bridgehead atoms. The standard InChI is InChI=1S/C21H21FN2O/c1-14-18(9-6-16-3-2-11-24-21(14)16)15-4-7-17(8-5-15)25-20-10-12-23-13-19(20)22/h2-9,11,19-20,23H,10,12-13H2,1H3/t19-,20+/m0/s1. The molecular formula is C21H21FN2O. The molecule has 4 rings (SSSR count). The molecule has 1 aliphatic rings. The van der Waals surface area contributed by atoms with E-state index in [2.05, 4.69) is 35.4 Å². The number of nitrogens with one attached hydrogen (secondary N) is 1. The maximum Gasteiger partial charge on any atom is 0.149 e. The zero-order chi connectivity index (χ0) is 17.2. The lowest BCUT2D eigenvalue weighted by atomic mass is 9.98. The molecule has 1 aliphatic heterocycles. The lowest BCUT2D eigenvalue weighted by Crippen LogP contribution is -2.44. The largest absolute Gasteiger partial charge is 0.487 e. The Kier molecular flexibility index (Phi) is 4.36. The van der Waals surface area contributed by atoms with E-state index in [0.717, 1.165) is 39.9 Å². The number of halogens is 1. The number of aryl methyl sites for hydroxylation is 1. The van der Waals surface area contributed by atoms with Crippen molar-refractivity contribution in [3.05, 3.63) is 60.3 Å². The first kappa shape index (κ1) is 16.0. The summed E-state index contributed by atoms with van der Waals surface area (Å²) in [4.78, 5) is 4.50. The van der Waals surface area contributed by atoms with Crippen molar-refractivity contribution >= 4 is 10.9 Å². The van der Waals surface area contributed by atoms with Gasteiger partial charge in [-0.3, -0.25) is 4.98 Å². The molecule has 4 heteroatoms.